The number of carboxylic acid groups (broad SMARTS) is 2. The van der Waals surface area contributed by atoms with Crippen LogP contribution in [0.15, 0.2) is 151 Å². The number of benzene rings is 5. The van der Waals surface area contributed by atoms with Gasteiger partial charge < -0.3 is 15.1 Å². The van der Waals surface area contributed by atoms with E-state index < -0.39 is 11.9 Å². The maximum absolute atomic E-state index is 11.2. The van der Waals surface area contributed by atoms with Crippen molar-refractivity contribution in [1.29, 1.82) is 10.5 Å². The molecule has 61 heavy (non-hydrogen) atoms. The average Bonchev–Trinajstić information content (AvgIpc) is 3.96. The fourth-order valence-corrected chi connectivity index (χ4v) is 8.43. The van der Waals surface area contributed by atoms with E-state index in [2.05, 4.69) is 110 Å². The van der Waals surface area contributed by atoms with Crippen LogP contribution in [0.1, 0.15) is 43.1 Å². The number of carbonyl (C=O) groups is 2. The molecule has 2 N–H and O–H groups in total. The van der Waals surface area contributed by atoms with Gasteiger partial charge in [-0.2, -0.15) is 10.5 Å². The van der Waals surface area contributed by atoms with E-state index >= 15 is 0 Å². The fourth-order valence-electron chi connectivity index (χ4n) is 6.52. The van der Waals surface area contributed by atoms with Gasteiger partial charge in [0.15, 0.2) is 0 Å². The molecule has 5 aromatic carbocycles. The van der Waals surface area contributed by atoms with Crippen molar-refractivity contribution < 1.29 is 19.8 Å². The van der Waals surface area contributed by atoms with Gasteiger partial charge in [0, 0.05) is 36.6 Å². The minimum atomic E-state index is -1.24. The molecule has 0 saturated carbocycles. The number of anilines is 3. The predicted octanol–water partition coefficient (Wildman–Crippen LogP) is 13.6. The zero-order valence-electron chi connectivity index (χ0n) is 33.1. The third-order valence-corrected chi connectivity index (χ3v) is 12.1. The molecule has 0 radical (unpaired) electrons. The molecule has 2 aromatic heterocycles. The average molecular weight is 832 g/mol. The monoisotopic (exact) mass is 831 g/mol. The summed E-state index contributed by atoms with van der Waals surface area (Å²) in [5.41, 5.74) is 11.2. The van der Waals surface area contributed by atoms with Crippen molar-refractivity contribution in [1.82, 2.24) is 0 Å². The first-order valence-electron chi connectivity index (χ1n) is 19.1. The van der Waals surface area contributed by atoms with Gasteiger partial charge in [-0.25, -0.2) is 9.59 Å². The molecule has 0 aliphatic rings. The molecule has 0 saturated heterocycles. The van der Waals surface area contributed by atoms with E-state index in [4.69, 9.17) is 20.7 Å². The van der Waals surface area contributed by atoms with E-state index in [0.29, 0.717) is 9.75 Å². The second-order valence-electron chi connectivity index (χ2n) is 14.0. The summed E-state index contributed by atoms with van der Waals surface area (Å²) in [6.45, 7) is 4.28. The molecule has 9 heteroatoms. The van der Waals surface area contributed by atoms with Crippen molar-refractivity contribution in [2.45, 2.75) is 13.8 Å². The first-order chi connectivity index (χ1) is 29.6. The minimum Gasteiger partial charge on any atom is -0.477 e. The van der Waals surface area contributed by atoms with Gasteiger partial charge in [0.05, 0.1) is 0 Å². The van der Waals surface area contributed by atoms with Crippen LogP contribution in [-0.2, 0) is 9.59 Å². The van der Waals surface area contributed by atoms with Crippen molar-refractivity contribution in [3.63, 3.8) is 0 Å². The molecule has 2 heterocycles. The number of hydrogen-bond acceptors (Lipinski definition) is 7. The first kappa shape index (κ1) is 41.3. The van der Waals surface area contributed by atoms with E-state index in [1.807, 2.05) is 72.8 Å². The van der Waals surface area contributed by atoms with Gasteiger partial charge in [0.1, 0.15) is 23.3 Å². The fraction of sp³-hybridized carbons (Fsp3) is 0.0385. The summed E-state index contributed by atoms with van der Waals surface area (Å²) in [5.74, 6) is -2.47. The molecule has 7 aromatic rings. The number of nitriles is 2. The maximum Gasteiger partial charge on any atom is 0.346 e. The topological polar surface area (TPSA) is 125 Å². The van der Waals surface area contributed by atoms with Gasteiger partial charge in [-0.1, -0.05) is 109 Å². The highest BCUT2D eigenvalue weighted by Crippen LogP contribution is 2.38. The smallest absolute Gasteiger partial charge is 0.346 e. The molecule has 0 bridgehead atoms. The summed E-state index contributed by atoms with van der Waals surface area (Å²) in [7, 11) is 0. The summed E-state index contributed by atoms with van der Waals surface area (Å²) in [4.78, 5) is 28.1. The van der Waals surface area contributed by atoms with Gasteiger partial charge in [0.25, 0.3) is 0 Å². The lowest BCUT2D eigenvalue weighted by Crippen LogP contribution is -2.11. The maximum atomic E-state index is 11.2. The van der Waals surface area contributed by atoms with Crippen molar-refractivity contribution in [3.8, 4) is 33.0 Å². The highest BCUT2D eigenvalue weighted by atomic mass is 32.1. The molecule has 0 aliphatic heterocycles. The van der Waals surface area contributed by atoms with Crippen LogP contribution < -0.4 is 4.90 Å². The van der Waals surface area contributed by atoms with Crippen LogP contribution in [-0.4, -0.2) is 22.2 Å². The molecular formula is C52H37N3O4S2. The zero-order chi connectivity index (χ0) is 42.9. The van der Waals surface area contributed by atoms with Crippen LogP contribution in [0.5, 0.6) is 0 Å². The molecule has 0 spiro atoms. The summed E-state index contributed by atoms with van der Waals surface area (Å²) >= 11 is 2.87. The van der Waals surface area contributed by atoms with Crippen LogP contribution in [0.4, 0.5) is 17.1 Å². The van der Waals surface area contributed by atoms with Crippen molar-refractivity contribution in [2.75, 3.05) is 4.90 Å². The van der Waals surface area contributed by atoms with Crippen LogP contribution >= 0.6 is 22.7 Å². The third-order valence-electron chi connectivity index (χ3n) is 9.97. The second kappa shape index (κ2) is 18.8. The highest BCUT2D eigenvalue weighted by molar-refractivity contribution is 7.16. The van der Waals surface area contributed by atoms with Crippen LogP contribution in [0, 0.1) is 36.5 Å². The first-order valence-corrected chi connectivity index (χ1v) is 20.7. The molecule has 7 nitrogen and oxygen atoms in total. The Labute approximate surface area is 362 Å². The Morgan fingerprint density at radius 2 is 0.902 bits per heavy atom. The summed E-state index contributed by atoms with van der Waals surface area (Å²) in [6.07, 6.45) is 11.1. The Kier molecular flexibility index (Phi) is 12.8. The molecule has 0 atom stereocenters. The van der Waals surface area contributed by atoms with E-state index in [-0.39, 0.29) is 11.1 Å². The van der Waals surface area contributed by atoms with Crippen LogP contribution in [0.3, 0.4) is 0 Å². The Balaban J connectivity index is 1.05. The lowest BCUT2D eigenvalue weighted by atomic mass is 10.0. The molecule has 0 amide bonds. The summed E-state index contributed by atoms with van der Waals surface area (Å²) in [5, 5.41) is 36.5. The molecule has 296 valence electrons. The lowest BCUT2D eigenvalue weighted by molar-refractivity contribution is -0.133. The van der Waals surface area contributed by atoms with E-state index in [1.165, 1.54) is 46.0 Å². The zero-order valence-corrected chi connectivity index (χ0v) is 34.7. The number of carboxylic acids is 2. The van der Waals surface area contributed by atoms with Crippen molar-refractivity contribution in [3.05, 3.63) is 194 Å². The van der Waals surface area contributed by atoms with Gasteiger partial charge in [-0.3, -0.25) is 0 Å². The quantitative estimate of drug-likeness (QED) is 0.0673. The second-order valence-corrected chi connectivity index (χ2v) is 16.2. The third kappa shape index (κ3) is 10.1. The number of aryl methyl sites for hydroxylation is 1. The number of thiophene rings is 2. The molecule has 7 rings (SSSR count). The number of aliphatic carboxylic acids is 2. The van der Waals surface area contributed by atoms with Crippen molar-refractivity contribution in [2.24, 2.45) is 0 Å². The van der Waals surface area contributed by atoms with Crippen molar-refractivity contribution >= 4 is 88.1 Å². The highest BCUT2D eigenvalue weighted by Gasteiger charge is 2.16. The number of rotatable bonds is 13. The van der Waals surface area contributed by atoms with E-state index in [9.17, 15) is 9.59 Å². The summed E-state index contributed by atoms with van der Waals surface area (Å²) in [6, 6.07) is 50.7. The summed E-state index contributed by atoms with van der Waals surface area (Å²) < 4.78 is 0. The minimum absolute atomic E-state index is 0.291. The van der Waals surface area contributed by atoms with E-state index in [0.717, 1.165) is 60.2 Å². The van der Waals surface area contributed by atoms with Crippen LogP contribution in [0.2, 0.25) is 0 Å². The number of nitrogens with zero attached hydrogens (tertiary/aromatic N) is 3. The van der Waals surface area contributed by atoms with E-state index in [1.54, 1.807) is 12.1 Å². The normalized spacial score (nSPS) is 11.7. The SMILES string of the molecule is Cc1cccc(N(c2ccc(C=Cc3ccc(-c4ccc(C=C(C#N)C(=O)O)s4)cc3)cc2)c2ccc(C=Cc3ccc(-c4ccc(C=C(C#N)C(=O)O)s4)cc3)cc2)c1C. The predicted molar refractivity (Wildman–Crippen MR) is 250 cm³/mol. The Morgan fingerprint density at radius 1 is 0.525 bits per heavy atom. The van der Waals surface area contributed by atoms with Crippen LogP contribution in [0.25, 0.3) is 57.3 Å². The molecule has 0 fully saturated rings. The Morgan fingerprint density at radius 3 is 1.26 bits per heavy atom. The number of hydrogen-bond donors (Lipinski definition) is 2. The Hall–Kier alpha value is -7.82. The standard InChI is InChI=1S/C52H37N3O4S2/c1-34-4-3-5-48(35(34)2)55(44-22-14-38(15-23-44)8-6-36-10-18-40(19-11-36)49-28-26-46(60-49)30-42(32-53)51(56)57)45-24-16-39(17-25-45)9-7-37-12-20-41(21-13-37)50-29-27-47(61-50)31-43(33-54)52(58)59/h3-31H,1-2H3,(H,56,57)(H,58,59). The van der Waals surface area contributed by atoms with Gasteiger partial charge in [0.2, 0.25) is 0 Å². The van der Waals surface area contributed by atoms with Gasteiger partial charge >= 0.3 is 11.9 Å². The Bertz CT molecular complexity index is 2760. The molecule has 0 unspecified atom stereocenters. The largest absolute Gasteiger partial charge is 0.477 e. The molecule has 0 aliphatic carbocycles. The van der Waals surface area contributed by atoms with Gasteiger partial charge in [-0.05, 0) is 125 Å². The lowest BCUT2D eigenvalue weighted by Gasteiger charge is -2.28. The van der Waals surface area contributed by atoms with Gasteiger partial charge in [-0.15, -0.1) is 22.7 Å². The molecular weight excluding hydrogens is 795 g/mol.